The van der Waals surface area contributed by atoms with Crippen LogP contribution in [0.4, 0.5) is 8.78 Å². The van der Waals surface area contributed by atoms with Crippen LogP contribution in [0.15, 0.2) is 23.2 Å². The Balaban J connectivity index is 1.92. The lowest BCUT2D eigenvalue weighted by Crippen LogP contribution is -2.48. The van der Waals surface area contributed by atoms with Crippen LogP contribution in [0.25, 0.3) is 0 Å². The molecule has 0 aromatic heterocycles. The molecule has 5 nitrogen and oxygen atoms in total. The lowest BCUT2D eigenvalue weighted by Gasteiger charge is -2.36. The number of morpholine rings is 1. The molecule has 0 aliphatic carbocycles. The highest BCUT2D eigenvalue weighted by Gasteiger charge is 2.23. The summed E-state index contributed by atoms with van der Waals surface area (Å²) in [5.41, 5.74) is 0.367. The maximum atomic E-state index is 13.7. The lowest BCUT2D eigenvalue weighted by molar-refractivity contribution is 0.00867. The zero-order valence-corrected chi connectivity index (χ0v) is 16.6. The van der Waals surface area contributed by atoms with E-state index in [4.69, 9.17) is 9.73 Å². The summed E-state index contributed by atoms with van der Waals surface area (Å²) in [7, 11) is 0. The van der Waals surface area contributed by atoms with E-state index in [1.54, 1.807) is 0 Å². The van der Waals surface area contributed by atoms with Crippen molar-refractivity contribution in [2.24, 2.45) is 10.9 Å². The molecule has 0 saturated carbocycles. The third-order valence-electron chi connectivity index (χ3n) is 4.76. The number of aliphatic imine (C=N–C) groups is 1. The molecule has 2 N–H and O–H groups in total. The predicted molar refractivity (Wildman–Crippen MR) is 105 cm³/mol. The van der Waals surface area contributed by atoms with Crippen LogP contribution < -0.4 is 10.6 Å². The van der Waals surface area contributed by atoms with Gasteiger partial charge < -0.3 is 15.4 Å². The van der Waals surface area contributed by atoms with Crippen molar-refractivity contribution in [2.45, 2.75) is 33.2 Å². The molecular weight excluding hydrogens is 350 g/mol. The Hall–Kier alpha value is -1.73. The van der Waals surface area contributed by atoms with Crippen molar-refractivity contribution in [3.63, 3.8) is 0 Å². The SMILES string of the molecule is CCNC(=NCC(C(C)C)N1CCOCC1)NCCc1cc(F)ccc1F. The zero-order chi connectivity index (χ0) is 19.6. The summed E-state index contributed by atoms with van der Waals surface area (Å²) in [5.74, 6) is 0.383. The Kier molecular flexibility index (Phi) is 8.94. The van der Waals surface area contributed by atoms with Gasteiger partial charge in [-0.1, -0.05) is 13.8 Å². The van der Waals surface area contributed by atoms with Gasteiger partial charge in [-0.25, -0.2) is 8.78 Å². The fourth-order valence-corrected chi connectivity index (χ4v) is 3.23. The van der Waals surface area contributed by atoms with E-state index in [9.17, 15) is 8.78 Å². The minimum atomic E-state index is -0.419. The van der Waals surface area contributed by atoms with Crippen molar-refractivity contribution in [3.8, 4) is 0 Å². The number of halogens is 2. The number of rotatable bonds is 8. The van der Waals surface area contributed by atoms with E-state index in [1.807, 2.05) is 6.92 Å². The van der Waals surface area contributed by atoms with E-state index in [2.05, 4.69) is 29.4 Å². The molecular formula is C20H32F2N4O. The van der Waals surface area contributed by atoms with Crippen LogP contribution in [0.5, 0.6) is 0 Å². The minimum absolute atomic E-state index is 0.352. The average molecular weight is 382 g/mol. The third-order valence-corrected chi connectivity index (χ3v) is 4.76. The van der Waals surface area contributed by atoms with Gasteiger partial charge in [0.2, 0.25) is 0 Å². The third kappa shape index (κ3) is 7.07. The monoisotopic (exact) mass is 382 g/mol. The zero-order valence-electron chi connectivity index (χ0n) is 16.6. The molecule has 27 heavy (non-hydrogen) atoms. The molecule has 2 rings (SSSR count). The highest BCUT2D eigenvalue weighted by molar-refractivity contribution is 5.79. The van der Waals surface area contributed by atoms with Crippen LogP contribution in [0.1, 0.15) is 26.3 Å². The van der Waals surface area contributed by atoms with Crippen molar-refractivity contribution in [3.05, 3.63) is 35.4 Å². The van der Waals surface area contributed by atoms with Crippen LogP contribution in [0.3, 0.4) is 0 Å². The Bertz CT molecular complexity index is 604. The summed E-state index contributed by atoms with van der Waals surface area (Å²) < 4.78 is 32.5. The Labute approximate surface area is 161 Å². The summed E-state index contributed by atoms with van der Waals surface area (Å²) in [6, 6.07) is 3.90. The molecule has 1 saturated heterocycles. The second kappa shape index (κ2) is 11.2. The molecule has 7 heteroatoms. The molecule has 152 valence electrons. The lowest BCUT2D eigenvalue weighted by atomic mass is 10.0. The molecule has 1 atom stereocenters. The fraction of sp³-hybridized carbons (Fsp3) is 0.650. The molecule has 1 heterocycles. The van der Waals surface area contributed by atoms with Gasteiger partial charge in [-0.2, -0.15) is 0 Å². The van der Waals surface area contributed by atoms with Gasteiger partial charge in [0.15, 0.2) is 5.96 Å². The number of nitrogens with one attached hydrogen (secondary N) is 2. The summed E-state index contributed by atoms with van der Waals surface area (Å²) >= 11 is 0. The number of hydrogen-bond acceptors (Lipinski definition) is 3. The van der Waals surface area contributed by atoms with Crippen LogP contribution in [-0.2, 0) is 11.2 Å². The Morgan fingerprint density at radius 2 is 1.96 bits per heavy atom. The molecule has 1 aromatic carbocycles. The maximum absolute atomic E-state index is 13.7. The second-order valence-electron chi connectivity index (χ2n) is 7.09. The first-order chi connectivity index (χ1) is 13.0. The van der Waals surface area contributed by atoms with E-state index in [1.165, 1.54) is 12.1 Å². The van der Waals surface area contributed by atoms with Crippen LogP contribution in [0, 0.1) is 17.6 Å². The van der Waals surface area contributed by atoms with E-state index in [0.29, 0.717) is 43.0 Å². The molecule has 0 amide bonds. The number of nitrogens with zero attached hydrogens (tertiary/aromatic N) is 2. The molecule has 0 radical (unpaired) electrons. The molecule has 1 aliphatic rings. The smallest absolute Gasteiger partial charge is 0.191 e. The van der Waals surface area contributed by atoms with Gasteiger partial charge in [0, 0.05) is 32.2 Å². The largest absolute Gasteiger partial charge is 0.379 e. The molecule has 1 unspecified atom stereocenters. The van der Waals surface area contributed by atoms with Crippen molar-refractivity contribution >= 4 is 5.96 Å². The normalized spacial score (nSPS) is 17.2. The van der Waals surface area contributed by atoms with Gasteiger partial charge in [-0.05, 0) is 43.0 Å². The topological polar surface area (TPSA) is 48.9 Å². The molecule has 0 bridgehead atoms. The molecule has 1 aromatic rings. The first-order valence-electron chi connectivity index (χ1n) is 9.79. The number of guanidine groups is 1. The van der Waals surface area contributed by atoms with Crippen molar-refractivity contribution in [2.75, 3.05) is 45.9 Å². The van der Waals surface area contributed by atoms with Crippen molar-refractivity contribution in [1.82, 2.24) is 15.5 Å². The first kappa shape index (κ1) is 21.6. The van der Waals surface area contributed by atoms with E-state index in [-0.39, 0.29) is 5.82 Å². The second-order valence-corrected chi connectivity index (χ2v) is 7.09. The summed E-state index contributed by atoms with van der Waals surface area (Å²) in [4.78, 5) is 7.16. The maximum Gasteiger partial charge on any atom is 0.191 e. The number of hydrogen-bond donors (Lipinski definition) is 2. The minimum Gasteiger partial charge on any atom is -0.379 e. The van der Waals surface area contributed by atoms with Gasteiger partial charge in [0.25, 0.3) is 0 Å². The molecule has 1 fully saturated rings. The Morgan fingerprint density at radius 1 is 1.22 bits per heavy atom. The van der Waals surface area contributed by atoms with Gasteiger partial charge in [0.1, 0.15) is 11.6 Å². The summed E-state index contributed by atoms with van der Waals surface area (Å²) in [6.07, 6.45) is 0.394. The number of ether oxygens (including phenoxy) is 1. The molecule has 0 spiro atoms. The average Bonchev–Trinajstić information content (AvgIpc) is 2.65. The predicted octanol–water partition coefficient (Wildman–Crippen LogP) is 2.42. The molecule has 1 aliphatic heterocycles. The van der Waals surface area contributed by atoms with E-state index in [0.717, 1.165) is 38.9 Å². The highest BCUT2D eigenvalue weighted by atomic mass is 19.1. The standard InChI is InChI=1S/C20H32F2N4O/c1-4-23-20(24-8-7-16-13-17(21)5-6-18(16)22)25-14-19(15(2)3)26-9-11-27-12-10-26/h5-6,13,15,19H,4,7-12,14H2,1-3H3,(H2,23,24,25). The first-order valence-corrected chi connectivity index (χ1v) is 9.79. The fourth-order valence-electron chi connectivity index (χ4n) is 3.23. The van der Waals surface area contributed by atoms with Crippen LogP contribution in [0.2, 0.25) is 0 Å². The number of benzene rings is 1. The highest BCUT2D eigenvalue weighted by Crippen LogP contribution is 2.13. The summed E-state index contributed by atoms with van der Waals surface area (Å²) in [6.45, 7) is 11.7. The quantitative estimate of drug-likeness (QED) is 0.536. The van der Waals surface area contributed by atoms with Gasteiger partial charge in [-0.3, -0.25) is 9.89 Å². The van der Waals surface area contributed by atoms with Crippen LogP contribution in [-0.4, -0.2) is 62.8 Å². The van der Waals surface area contributed by atoms with Gasteiger partial charge >= 0.3 is 0 Å². The van der Waals surface area contributed by atoms with Gasteiger partial charge in [-0.15, -0.1) is 0 Å². The van der Waals surface area contributed by atoms with Crippen molar-refractivity contribution < 1.29 is 13.5 Å². The van der Waals surface area contributed by atoms with E-state index >= 15 is 0 Å². The Morgan fingerprint density at radius 3 is 2.63 bits per heavy atom. The van der Waals surface area contributed by atoms with Gasteiger partial charge in [0.05, 0.1) is 19.8 Å². The van der Waals surface area contributed by atoms with E-state index < -0.39 is 5.82 Å². The summed E-state index contributed by atoms with van der Waals surface area (Å²) in [5, 5.41) is 6.44. The van der Waals surface area contributed by atoms with Crippen molar-refractivity contribution in [1.29, 1.82) is 0 Å². The van der Waals surface area contributed by atoms with Crippen LogP contribution >= 0.6 is 0 Å².